The van der Waals surface area contributed by atoms with E-state index in [2.05, 4.69) is 15.4 Å². The van der Waals surface area contributed by atoms with E-state index in [1.165, 1.54) is 24.3 Å². The molecule has 8 nitrogen and oxygen atoms in total. The number of piperidine rings is 1. The van der Waals surface area contributed by atoms with E-state index in [4.69, 9.17) is 0 Å². The van der Waals surface area contributed by atoms with Crippen molar-refractivity contribution in [2.24, 2.45) is 0 Å². The van der Waals surface area contributed by atoms with Crippen LogP contribution in [0.2, 0.25) is 0 Å². The summed E-state index contributed by atoms with van der Waals surface area (Å²) in [6, 6.07) is 11.6. The Kier molecular flexibility index (Phi) is 6.15. The van der Waals surface area contributed by atoms with Crippen LogP contribution in [0.1, 0.15) is 42.1 Å². The molecular formula is C22H25N5O3S. The molecule has 0 saturated carbocycles. The molecule has 1 N–H and O–H groups in total. The van der Waals surface area contributed by atoms with E-state index in [9.17, 15) is 13.2 Å². The van der Waals surface area contributed by atoms with Gasteiger partial charge in [0.2, 0.25) is 10.0 Å². The van der Waals surface area contributed by atoms with Crippen LogP contribution >= 0.6 is 0 Å². The smallest absolute Gasteiger partial charge is 0.256 e. The maximum Gasteiger partial charge on any atom is 0.256 e. The Hall–Kier alpha value is -3.04. The van der Waals surface area contributed by atoms with Crippen LogP contribution in [0.25, 0.3) is 0 Å². The lowest BCUT2D eigenvalue weighted by Crippen LogP contribution is -2.41. The minimum atomic E-state index is -3.56. The van der Waals surface area contributed by atoms with Crippen molar-refractivity contribution in [3.8, 4) is 0 Å². The third-order valence-electron chi connectivity index (χ3n) is 5.44. The monoisotopic (exact) mass is 439 g/mol. The van der Waals surface area contributed by atoms with Gasteiger partial charge in [-0.15, -0.1) is 0 Å². The van der Waals surface area contributed by atoms with Gasteiger partial charge >= 0.3 is 0 Å². The normalized spacial score (nSPS) is 17.4. The molecule has 3 aromatic rings. The van der Waals surface area contributed by atoms with Crippen molar-refractivity contribution in [1.29, 1.82) is 0 Å². The van der Waals surface area contributed by atoms with Crippen molar-refractivity contribution in [3.05, 3.63) is 72.2 Å². The minimum Gasteiger partial charge on any atom is -0.305 e. The number of carbonyl (C=O) groups is 1. The van der Waals surface area contributed by atoms with Gasteiger partial charge in [0, 0.05) is 42.8 Å². The van der Waals surface area contributed by atoms with Crippen molar-refractivity contribution in [1.82, 2.24) is 19.1 Å². The number of carbonyl (C=O) groups excluding carboxylic acids is 1. The molecule has 1 saturated heterocycles. The van der Waals surface area contributed by atoms with Crippen LogP contribution in [0, 0.1) is 0 Å². The van der Waals surface area contributed by atoms with E-state index in [1.807, 2.05) is 19.1 Å². The van der Waals surface area contributed by atoms with Crippen molar-refractivity contribution in [3.63, 3.8) is 0 Å². The van der Waals surface area contributed by atoms with Crippen LogP contribution in [0.4, 0.5) is 5.82 Å². The van der Waals surface area contributed by atoms with E-state index in [0.29, 0.717) is 24.5 Å². The minimum absolute atomic E-state index is 0.0102. The van der Waals surface area contributed by atoms with Crippen molar-refractivity contribution < 1.29 is 13.2 Å². The lowest BCUT2D eigenvalue weighted by atomic mass is 10.1. The standard InChI is InChI=1S/C22H25N5O3S/c1-17-4-2-3-14-27(17)31(29,30)20-7-5-19(6-8-20)22(28)24-21-11-15-26(25-21)16-18-9-12-23-13-10-18/h5-13,15,17H,2-4,14,16H2,1H3,(H,24,25,28). The number of amides is 1. The average Bonchev–Trinajstić information content (AvgIpc) is 3.21. The Bertz CT molecular complexity index is 1140. The molecule has 1 aliphatic rings. The molecule has 3 heterocycles. The van der Waals surface area contributed by atoms with Crippen LogP contribution in [0.15, 0.2) is 66.0 Å². The van der Waals surface area contributed by atoms with E-state index in [-0.39, 0.29) is 16.8 Å². The summed E-state index contributed by atoms with van der Waals surface area (Å²) < 4.78 is 29.1. The molecule has 0 aliphatic carbocycles. The van der Waals surface area contributed by atoms with Gasteiger partial charge < -0.3 is 5.32 Å². The number of sulfonamides is 1. The third-order valence-corrected chi connectivity index (χ3v) is 7.47. The molecule has 2 aromatic heterocycles. The van der Waals surface area contributed by atoms with Crippen LogP contribution in [-0.2, 0) is 16.6 Å². The molecule has 1 atom stereocenters. The molecule has 9 heteroatoms. The quantitative estimate of drug-likeness (QED) is 0.636. The van der Waals surface area contributed by atoms with Gasteiger partial charge in [-0.1, -0.05) is 6.42 Å². The fraction of sp³-hybridized carbons (Fsp3) is 0.318. The molecule has 1 amide bonds. The SMILES string of the molecule is CC1CCCCN1S(=O)(=O)c1ccc(C(=O)Nc2ccn(Cc3ccncc3)n2)cc1. The summed E-state index contributed by atoms with van der Waals surface area (Å²) in [5.41, 5.74) is 1.42. The topological polar surface area (TPSA) is 97.2 Å². The molecule has 1 unspecified atom stereocenters. The number of hydrogen-bond donors (Lipinski definition) is 1. The number of pyridine rings is 1. The fourth-order valence-corrected chi connectivity index (χ4v) is 5.42. The third kappa shape index (κ3) is 4.83. The lowest BCUT2D eigenvalue weighted by molar-refractivity contribution is 0.102. The number of rotatable bonds is 6. The molecule has 162 valence electrons. The largest absolute Gasteiger partial charge is 0.305 e. The molecular weight excluding hydrogens is 414 g/mol. The van der Waals surface area contributed by atoms with Crippen molar-refractivity contribution in [2.45, 2.75) is 43.7 Å². The van der Waals surface area contributed by atoms with Crippen molar-refractivity contribution >= 4 is 21.7 Å². The Morgan fingerprint density at radius 1 is 1.10 bits per heavy atom. The molecule has 31 heavy (non-hydrogen) atoms. The number of hydrogen-bond acceptors (Lipinski definition) is 5. The summed E-state index contributed by atoms with van der Waals surface area (Å²) in [5, 5.41) is 7.11. The van der Waals surface area contributed by atoms with Crippen LogP contribution in [0.3, 0.4) is 0 Å². The second kappa shape index (κ2) is 8.99. The van der Waals surface area contributed by atoms with Gasteiger partial charge in [0.1, 0.15) is 0 Å². The second-order valence-electron chi connectivity index (χ2n) is 7.69. The molecule has 4 rings (SSSR count). The van der Waals surface area contributed by atoms with E-state index < -0.39 is 10.0 Å². The van der Waals surface area contributed by atoms with Gasteiger partial charge in [0.15, 0.2) is 5.82 Å². The summed E-state index contributed by atoms with van der Waals surface area (Å²) in [4.78, 5) is 16.8. The zero-order valence-electron chi connectivity index (χ0n) is 17.3. The first-order valence-corrected chi connectivity index (χ1v) is 11.7. The summed E-state index contributed by atoms with van der Waals surface area (Å²) in [5.74, 6) is 0.0855. The van der Waals surface area contributed by atoms with Gasteiger partial charge in [-0.3, -0.25) is 14.5 Å². The number of anilines is 1. The summed E-state index contributed by atoms with van der Waals surface area (Å²) in [6.45, 7) is 3.04. The van der Waals surface area contributed by atoms with Gasteiger partial charge in [-0.25, -0.2) is 8.42 Å². The highest BCUT2D eigenvalue weighted by molar-refractivity contribution is 7.89. The molecule has 1 aliphatic heterocycles. The Morgan fingerprint density at radius 2 is 1.84 bits per heavy atom. The zero-order chi connectivity index (χ0) is 21.8. The average molecular weight is 440 g/mol. The van der Waals surface area contributed by atoms with Crippen LogP contribution in [-0.4, -0.2) is 46.0 Å². The first-order chi connectivity index (χ1) is 14.9. The number of aromatic nitrogens is 3. The maximum atomic E-state index is 12.9. The van der Waals surface area contributed by atoms with Crippen LogP contribution < -0.4 is 5.32 Å². The Morgan fingerprint density at radius 3 is 2.55 bits per heavy atom. The highest BCUT2D eigenvalue weighted by Gasteiger charge is 2.30. The first kappa shape index (κ1) is 21.2. The highest BCUT2D eigenvalue weighted by atomic mass is 32.2. The molecule has 0 spiro atoms. The summed E-state index contributed by atoms with van der Waals surface area (Å²) in [6.07, 6.45) is 8.01. The van der Waals surface area contributed by atoms with E-state index >= 15 is 0 Å². The predicted molar refractivity (Wildman–Crippen MR) is 117 cm³/mol. The van der Waals surface area contributed by atoms with Gasteiger partial charge in [-0.05, 0) is 61.7 Å². The zero-order valence-corrected chi connectivity index (χ0v) is 18.1. The summed E-state index contributed by atoms with van der Waals surface area (Å²) in [7, 11) is -3.56. The highest BCUT2D eigenvalue weighted by Crippen LogP contribution is 2.25. The molecule has 1 fully saturated rings. The first-order valence-electron chi connectivity index (χ1n) is 10.3. The van der Waals surface area contributed by atoms with Crippen molar-refractivity contribution in [2.75, 3.05) is 11.9 Å². The predicted octanol–water partition coefficient (Wildman–Crippen LogP) is 3.14. The van der Waals surface area contributed by atoms with Gasteiger partial charge in [0.05, 0.1) is 11.4 Å². The molecule has 0 radical (unpaired) electrons. The number of nitrogens with one attached hydrogen (secondary N) is 1. The number of nitrogens with zero attached hydrogens (tertiary/aromatic N) is 4. The van der Waals surface area contributed by atoms with Gasteiger partial charge in [0.25, 0.3) is 5.91 Å². The fourth-order valence-electron chi connectivity index (χ4n) is 3.72. The van der Waals surface area contributed by atoms with Gasteiger partial charge in [-0.2, -0.15) is 9.40 Å². The van der Waals surface area contributed by atoms with E-state index in [0.717, 1.165) is 24.8 Å². The summed E-state index contributed by atoms with van der Waals surface area (Å²) >= 11 is 0. The maximum absolute atomic E-state index is 12.9. The molecule has 0 bridgehead atoms. The Labute approximate surface area is 182 Å². The van der Waals surface area contributed by atoms with E-state index in [1.54, 1.807) is 33.6 Å². The Balaban J connectivity index is 1.42. The number of benzene rings is 1. The molecule has 1 aromatic carbocycles. The van der Waals surface area contributed by atoms with Crippen LogP contribution in [0.5, 0.6) is 0 Å². The lowest BCUT2D eigenvalue weighted by Gasteiger charge is -2.32. The second-order valence-corrected chi connectivity index (χ2v) is 9.58.